The van der Waals surface area contributed by atoms with Crippen LogP contribution in [-0.4, -0.2) is 174 Å². The van der Waals surface area contributed by atoms with Crippen molar-refractivity contribution in [3.63, 3.8) is 0 Å². The Morgan fingerprint density at radius 2 is 0.792 bits per heavy atom. The van der Waals surface area contributed by atoms with E-state index < -0.39 is 123 Å². The SMILES string of the molecule is CC1O[C@@H](O[C@@H]2C(OSOOO)[C@H](O[C@@H]3C(C)O[C@@H](O[C@@H]4C(OSOOO)[C@H](O)OC(C)[C@H]4O)C(OSOOO)[C@H]3O)OC(C)[C@H]2O)C(O)[C@@H](O)[C@@H]1O. The van der Waals surface area contributed by atoms with Crippen LogP contribution in [0.4, 0.5) is 0 Å². The molecule has 8 unspecified atom stereocenters. The molecule has 4 fully saturated rings. The minimum atomic E-state index is -1.81. The van der Waals surface area contributed by atoms with E-state index >= 15 is 0 Å². The zero-order valence-electron chi connectivity index (χ0n) is 27.8. The Labute approximate surface area is 312 Å². The van der Waals surface area contributed by atoms with E-state index in [9.17, 15) is 35.7 Å². The van der Waals surface area contributed by atoms with Crippen LogP contribution < -0.4 is 0 Å². The summed E-state index contributed by atoms with van der Waals surface area (Å²) in [5.41, 5.74) is 0. The van der Waals surface area contributed by atoms with E-state index in [-0.39, 0.29) is 37.0 Å². The molecule has 0 aromatic carbocycles. The molecule has 0 radical (unpaired) electrons. The van der Waals surface area contributed by atoms with Gasteiger partial charge in [-0.3, -0.25) is 12.5 Å². The maximum absolute atomic E-state index is 11.6. The molecule has 0 spiro atoms. The van der Waals surface area contributed by atoms with Crippen molar-refractivity contribution in [1.29, 1.82) is 0 Å². The lowest BCUT2D eigenvalue weighted by molar-refractivity contribution is -0.436. The maximum Gasteiger partial charge on any atom is 0.198 e. The van der Waals surface area contributed by atoms with Crippen molar-refractivity contribution in [1.82, 2.24) is 0 Å². The molecular formula is C24H42O26S3. The second kappa shape index (κ2) is 21.7. The number of ether oxygens (including phenoxy) is 7. The van der Waals surface area contributed by atoms with Crippen molar-refractivity contribution in [3.8, 4) is 0 Å². The fourth-order valence-corrected chi connectivity index (χ4v) is 6.87. The van der Waals surface area contributed by atoms with Crippen LogP contribution in [0.5, 0.6) is 0 Å². The van der Waals surface area contributed by atoms with Crippen molar-refractivity contribution < 1.29 is 125 Å². The first-order valence-corrected chi connectivity index (χ1v) is 17.5. The fourth-order valence-electron chi connectivity index (χ4n) is 5.82. The van der Waals surface area contributed by atoms with Gasteiger partial charge in [-0.1, -0.05) is 15.1 Å². The topological polar surface area (TPSA) is 350 Å². The molecule has 53 heavy (non-hydrogen) atoms. The first-order chi connectivity index (χ1) is 25.2. The molecule has 29 heteroatoms. The minimum absolute atomic E-state index is 0.00716. The molecular weight excluding hydrogens is 800 g/mol. The van der Waals surface area contributed by atoms with Crippen LogP contribution >= 0.6 is 37.0 Å². The number of hydrogen-bond acceptors (Lipinski definition) is 29. The molecule has 312 valence electrons. The molecule has 0 amide bonds. The van der Waals surface area contributed by atoms with Crippen molar-refractivity contribution in [2.75, 3.05) is 0 Å². The van der Waals surface area contributed by atoms with E-state index in [1.165, 1.54) is 27.7 Å². The zero-order chi connectivity index (χ0) is 39.0. The van der Waals surface area contributed by atoms with Gasteiger partial charge in [0.05, 0.1) is 24.4 Å². The summed E-state index contributed by atoms with van der Waals surface area (Å²) in [4.78, 5) is 0. The summed E-state index contributed by atoms with van der Waals surface area (Å²) in [6, 6.07) is 0. The van der Waals surface area contributed by atoms with E-state index in [2.05, 4.69) is 28.1 Å². The second-order valence-electron chi connectivity index (χ2n) is 11.9. The Bertz CT molecular complexity index is 1060. The van der Waals surface area contributed by atoms with Gasteiger partial charge in [0.15, 0.2) is 80.4 Å². The number of rotatable bonds is 18. The van der Waals surface area contributed by atoms with Crippen molar-refractivity contribution in [2.45, 2.75) is 151 Å². The molecule has 4 aliphatic rings. The van der Waals surface area contributed by atoms with Gasteiger partial charge in [0, 0.05) is 0 Å². The lowest BCUT2D eigenvalue weighted by Crippen LogP contribution is -2.66. The summed E-state index contributed by atoms with van der Waals surface area (Å²) in [6.07, 6.45) is -30.2. The summed E-state index contributed by atoms with van der Waals surface area (Å²) in [5, 5.41) is 111. The Kier molecular flexibility index (Phi) is 18.7. The van der Waals surface area contributed by atoms with Crippen molar-refractivity contribution in [2.24, 2.45) is 0 Å². The average Bonchev–Trinajstić information content (AvgIpc) is 3.12. The molecule has 20 atom stereocenters. The van der Waals surface area contributed by atoms with Crippen LogP contribution in [0.15, 0.2) is 0 Å². The Morgan fingerprint density at radius 3 is 1.38 bits per heavy atom. The molecule has 0 saturated carbocycles. The van der Waals surface area contributed by atoms with E-state index in [1.54, 1.807) is 0 Å². The van der Waals surface area contributed by atoms with Crippen LogP contribution in [0.25, 0.3) is 0 Å². The van der Waals surface area contributed by atoms with Gasteiger partial charge in [0.1, 0.15) is 54.9 Å². The van der Waals surface area contributed by atoms with Gasteiger partial charge >= 0.3 is 0 Å². The predicted octanol–water partition coefficient (Wildman–Crippen LogP) is -2.61. The van der Waals surface area contributed by atoms with Crippen LogP contribution in [-0.2, 0) is 73.8 Å². The number of hydrogen-bond donors (Lipinski definition) is 10. The molecule has 4 aliphatic heterocycles. The lowest BCUT2D eigenvalue weighted by atomic mass is 9.96. The van der Waals surface area contributed by atoms with Gasteiger partial charge in [-0.25, -0.2) is 15.8 Å². The first kappa shape index (κ1) is 45.7. The summed E-state index contributed by atoms with van der Waals surface area (Å²) in [5.74, 6) is 0. The molecule has 10 N–H and O–H groups in total. The first-order valence-electron chi connectivity index (χ1n) is 15.5. The van der Waals surface area contributed by atoms with Gasteiger partial charge in [-0.2, -0.15) is 0 Å². The highest BCUT2D eigenvalue weighted by Gasteiger charge is 2.56. The largest absolute Gasteiger partial charge is 0.388 e. The van der Waals surface area contributed by atoms with Gasteiger partial charge in [-0.05, 0) is 27.7 Å². The van der Waals surface area contributed by atoms with Crippen LogP contribution in [0.2, 0.25) is 0 Å². The van der Waals surface area contributed by atoms with Gasteiger partial charge in [0.2, 0.25) is 0 Å². The fraction of sp³-hybridized carbons (Fsp3) is 1.00. The number of aliphatic hydroxyl groups excluding tert-OH is 7. The Balaban J connectivity index is 1.57. The normalized spacial score (nSPS) is 46.8. The summed E-state index contributed by atoms with van der Waals surface area (Å²) >= 11 is 0.0820. The summed E-state index contributed by atoms with van der Waals surface area (Å²) in [7, 11) is 0. The van der Waals surface area contributed by atoms with Gasteiger partial charge in [0.25, 0.3) is 0 Å². The van der Waals surface area contributed by atoms with E-state index in [1.807, 2.05) is 0 Å². The molecule has 0 bridgehead atoms. The quantitative estimate of drug-likeness (QED) is 0.0292. The smallest absolute Gasteiger partial charge is 0.198 e. The highest BCUT2D eigenvalue weighted by atomic mass is 32.2. The Morgan fingerprint density at radius 1 is 0.377 bits per heavy atom. The molecule has 4 heterocycles. The third kappa shape index (κ3) is 11.4. The van der Waals surface area contributed by atoms with E-state index in [4.69, 9.17) is 61.5 Å². The summed E-state index contributed by atoms with van der Waals surface area (Å²) < 4.78 is 69.3. The zero-order valence-corrected chi connectivity index (χ0v) is 30.2. The standard InChI is InChI=1S/C24H42O26S3/c1-5-9(25)12(28)13(29)22(36-5)40-17-11(27)7(3)37-24(20(17)44-53-50-47-34)39-15-8(4)38-23(18(14(15)30)42-51-48-45-32)41-16-10(26)6(2)35-21(31)19(16)43-52-49-46-33/h5-34H,1-4H3/t5?,6?,7?,8?,9-,10-,11-,12+,13?,14+,15-,16+,17+,18?,19?,20?,21-,22+,23+,24+/m1/s1. The second-order valence-corrected chi connectivity index (χ2v) is 13.3. The van der Waals surface area contributed by atoms with Crippen LogP contribution in [0.1, 0.15) is 27.7 Å². The highest BCUT2D eigenvalue weighted by Crippen LogP contribution is 2.38. The third-order valence-electron chi connectivity index (χ3n) is 8.60. The van der Waals surface area contributed by atoms with E-state index in [0.717, 1.165) is 0 Å². The van der Waals surface area contributed by atoms with Crippen LogP contribution in [0.3, 0.4) is 0 Å². The molecule has 0 aromatic rings. The highest BCUT2D eigenvalue weighted by molar-refractivity contribution is 7.90. The molecule has 26 nitrogen and oxygen atoms in total. The van der Waals surface area contributed by atoms with Crippen molar-refractivity contribution >= 4 is 37.0 Å². The molecule has 4 rings (SSSR count). The minimum Gasteiger partial charge on any atom is -0.388 e. The number of aliphatic hydroxyl groups is 7. The maximum atomic E-state index is 11.6. The van der Waals surface area contributed by atoms with Crippen LogP contribution in [0, 0.1) is 0 Å². The predicted molar refractivity (Wildman–Crippen MR) is 162 cm³/mol. The summed E-state index contributed by atoms with van der Waals surface area (Å²) in [6.45, 7) is 5.63. The Hall–Kier alpha value is 0.01000. The lowest BCUT2D eigenvalue weighted by Gasteiger charge is -2.49. The average molecular weight is 843 g/mol. The van der Waals surface area contributed by atoms with E-state index in [0.29, 0.717) is 0 Å². The monoisotopic (exact) mass is 842 g/mol. The van der Waals surface area contributed by atoms with Crippen molar-refractivity contribution in [3.05, 3.63) is 0 Å². The molecule has 0 aromatic heterocycles. The van der Waals surface area contributed by atoms with Gasteiger partial charge < -0.3 is 68.9 Å². The van der Waals surface area contributed by atoms with Gasteiger partial charge in [-0.15, -0.1) is 13.0 Å². The third-order valence-corrected chi connectivity index (χ3v) is 9.85. The molecule has 4 saturated heterocycles. The molecule has 0 aliphatic carbocycles.